The third-order valence-corrected chi connectivity index (χ3v) is 2.30. The van der Waals surface area contributed by atoms with E-state index in [4.69, 9.17) is 0 Å². The predicted molar refractivity (Wildman–Crippen MR) is 63.6 cm³/mol. The maximum Gasteiger partial charge on any atom is 0.293 e. The molecular weight excluding hydrogens is 236 g/mol. The summed E-state index contributed by atoms with van der Waals surface area (Å²) < 4.78 is 0. The number of H-pyrrole nitrogens is 1. The number of hydrogen-bond acceptors (Lipinski definition) is 5. The molecule has 0 aromatic carbocycles. The molecule has 2 amide bonds. The van der Waals surface area contributed by atoms with Crippen molar-refractivity contribution in [2.45, 2.75) is 26.3 Å². The topological polar surface area (TPSA) is 104 Å². The number of aromatic nitrogens is 4. The molecule has 1 heterocycles. The van der Waals surface area contributed by atoms with Crippen LogP contribution >= 0.6 is 0 Å². The van der Waals surface area contributed by atoms with Gasteiger partial charge in [0.1, 0.15) is 6.04 Å². The highest BCUT2D eigenvalue weighted by molar-refractivity contribution is 5.94. The predicted octanol–water partition coefficient (Wildman–Crippen LogP) is -0.568. The van der Waals surface area contributed by atoms with Crippen LogP contribution < -0.4 is 5.32 Å². The Balaban J connectivity index is 2.72. The number of carbonyl (C=O) groups is 2. The average Bonchev–Trinajstić information content (AvgIpc) is 2.79. The van der Waals surface area contributed by atoms with Crippen molar-refractivity contribution >= 4 is 11.8 Å². The summed E-state index contributed by atoms with van der Waals surface area (Å²) in [6.45, 7) is 3.97. The summed E-state index contributed by atoms with van der Waals surface area (Å²) in [5.41, 5.74) is 0. The lowest BCUT2D eigenvalue weighted by molar-refractivity contribution is -0.131. The molecule has 1 atom stereocenters. The Morgan fingerprint density at radius 1 is 1.39 bits per heavy atom. The average molecular weight is 254 g/mol. The van der Waals surface area contributed by atoms with Crippen LogP contribution in [0.25, 0.3) is 0 Å². The normalized spacial score (nSPS) is 12.3. The fourth-order valence-electron chi connectivity index (χ4n) is 1.49. The summed E-state index contributed by atoms with van der Waals surface area (Å²) in [5, 5.41) is 15.2. The first-order valence-electron chi connectivity index (χ1n) is 5.67. The third kappa shape index (κ3) is 3.79. The lowest BCUT2D eigenvalue weighted by atomic mass is 10.0. The Bertz CT molecular complexity index is 401. The Kier molecular flexibility index (Phi) is 4.75. The van der Waals surface area contributed by atoms with Crippen LogP contribution in [0.5, 0.6) is 0 Å². The van der Waals surface area contributed by atoms with Gasteiger partial charge in [-0.2, -0.15) is 5.21 Å². The van der Waals surface area contributed by atoms with Crippen LogP contribution in [0.4, 0.5) is 0 Å². The van der Waals surface area contributed by atoms with E-state index < -0.39 is 11.9 Å². The molecule has 0 saturated carbocycles. The van der Waals surface area contributed by atoms with E-state index >= 15 is 0 Å². The van der Waals surface area contributed by atoms with Gasteiger partial charge in [0.2, 0.25) is 5.91 Å². The first-order chi connectivity index (χ1) is 8.41. The molecule has 2 N–H and O–H groups in total. The zero-order valence-electron chi connectivity index (χ0n) is 11.0. The second-order valence-corrected chi connectivity index (χ2v) is 4.62. The Hall–Kier alpha value is -1.99. The summed E-state index contributed by atoms with van der Waals surface area (Å²) in [7, 11) is 3.30. The minimum atomic E-state index is -0.578. The molecular formula is C10H18N6O2. The number of nitrogens with zero attached hydrogens (tertiary/aromatic N) is 4. The fraction of sp³-hybridized carbons (Fsp3) is 0.700. The summed E-state index contributed by atoms with van der Waals surface area (Å²) in [4.78, 5) is 25.1. The number of hydrogen-bond donors (Lipinski definition) is 2. The molecule has 0 fully saturated rings. The number of tetrazole rings is 1. The van der Waals surface area contributed by atoms with E-state index in [2.05, 4.69) is 25.9 Å². The second kappa shape index (κ2) is 6.08. The third-order valence-electron chi connectivity index (χ3n) is 2.30. The van der Waals surface area contributed by atoms with Crippen LogP contribution in [0.15, 0.2) is 0 Å². The molecule has 1 rings (SSSR count). The number of nitrogens with one attached hydrogen (secondary N) is 2. The van der Waals surface area contributed by atoms with Gasteiger partial charge >= 0.3 is 0 Å². The van der Waals surface area contributed by atoms with Crippen molar-refractivity contribution in [2.24, 2.45) is 5.92 Å². The van der Waals surface area contributed by atoms with Gasteiger partial charge < -0.3 is 10.2 Å². The molecule has 8 heteroatoms. The molecule has 1 unspecified atom stereocenters. The van der Waals surface area contributed by atoms with Gasteiger partial charge in [-0.25, -0.2) is 0 Å². The van der Waals surface area contributed by atoms with Crippen LogP contribution in [0.1, 0.15) is 30.9 Å². The molecule has 0 spiro atoms. The minimum Gasteiger partial charge on any atom is -0.347 e. The van der Waals surface area contributed by atoms with E-state index in [1.165, 1.54) is 4.90 Å². The number of aromatic amines is 1. The zero-order valence-corrected chi connectivity index (χ0v) is 11.0. The first-order valence-corrected chi connectivity index (χ1v) is 5.67. The standard InChI is InChI=1S/C10H18N6O2/c1-6(2)5-7(10(18)16(3)4)11-9(17)8-12-14-15-13-8/h6-7H,5H2,1-4H3,(H,11,17)(H,12,13,14,15). The van der Waals surface area contributed by atoms with Gasteiger partial charge in [-0.05, 0) is 17.6 Å². The zero-order chi connectivity index (χ0) is 13.7. The maximum atomic E-state index is 11.9. The van der Waals surface area contributed by atoms with Crippen molar-refractivity contribution in [3.8, 4) is 0 Å². The van der Waals surface area contributed by atoms with Gasteiger partial charge in [0.15, 0.2) is 0 Å². The Morgan fingerprint density at radius 3 is 2.50 bits per heavy atom. The molecule has 1 aromatic rings. The summed E-state index contributed by atoms with van der Waals surface area (Å²) >= 11 is 0. The van der Waals surface area contributed by atoms with Crippen LogP contribution in [0, 0.1) is 5.92 Å². The second-order valence-electron chi connectivity index (χ2n) is 4.62. The van der Waals surface area contributed by atoms with Crippen molar-refractivity contribution in [3.05, 3.63) is 5.82 Å². The monoisotopic (exact) mass is 254 g/mol. The SMILES string of the molecule is CC(C)CC(NC(=O)c1nn[nH]n1)C(=O)N(C)C. The van der Waals surface area contributed by atoms with E-state index in [0.29, 0.717) is 6.42 Å². The van der Waals surface area contributed by atoms with Gasteiger partial charge in [0.25, 0.3) is 11.7 Å². The van der Waals surface area contributed by atoms with E-state index in [9.17, 15) is 9.59 Å². The van der Waals surface area contributed by atoms with E-state index in [-0.39, 0.29) is 17.6 Å². The molecule has 100 valence electrons. The smallest absolute Gasteiger partial charge is 0.293 e. The first kappa shape index (κ1) is 14.1. The summed E-state index contributed by atoms with van der Waals surface area (Å²) in [5.74, 6) is -0.454. The quantitative estimate of drug-likeness (QED) is 0.732. The number of carbonyl (C=O) groups excluding carboxylic acids is 2. The molecule has 0 aliphatic heterocycles. The van der Waals surface area contributed by atoms with E-state index in [0.717, 1.165) is 0 Å². The number of amides is 2. The number of rotatable bonds is 5. The Labute approximate surface area is 105 Å². The highest BCUT2D eigenvalue weighted by atomic mass is 16.2. The highest BCUT2D eigenvalue weighted by Gasteiger charge is 2.25. The largest absolute Gasteiger partial charge is 0.347 e. The highest BCUT2D eigenvalue weighted by Crippen LogP contribution is 2.07. The molecule has 1 aromatic heterocycles. The molecule has 0 aliphatic carbocycles. The Morgan fingerprint density at radius 2 is 2.06 bits per heavy atom. The van der Waals surface area contributed by atoms with Gasteiger partial charge in [0.05, 0.1) is 0 Å². The van der Waals surface area contributed by atoms with Crippen LogP contribution in [0.3, 0.4) is 0 Å². The van der Waals surface area contributed by atoms with Gasteiger partial charge in [-0.15, -0.1) is 10.2 Å². The van der Waals surface area contributed by atoms with Crippen molar-refractivity contribution in [3.63, 3.8) is 0 Å². The molecule has 8 nitrogen and oxygen atoms in total. The molecule has 0 radical (unpaired) electrons. The van der Waals surface area contributed by atoms with Crippen LogP contribution in [-0.4, -0.2) is 57.5 Å². The maximum absolute atomic E-state index is 11.9. The molecule has 0 bridgehead atoms. The number of likely N-dealkylation sites (N-methyl/N-ethyl adjacent to an activating group) is 1. The fourth-order valence-corrected chi connectivity index (χ4v) is 1.49. The van der Waals surface area contributed by atoms with Crippen LogP contribution in [0.2, 0.25) is 0 Å². The van der Waals surface area contributed by atoms with E-state index in [1.54, 1.807) is 14.1 Å². The van der Waals surface area contributed by atoms with Crippen molar-refractivity contribution in [1.82, 2.24) is 30.8 Å². The summed E-state index contributed by atoms with van der Waals surface area (Å²) in [6, 6.07) is -0.578. The lowest BCUT2D eigenvalue weighted by Crippen LogP contribution is -2.47. The van der Waals surface area contributed by atoms with Crippen molar-refractivity contribution in [2.75, 3.05) is 14.1 Å². The molecule has 0 saturated heterocycles. The van der Waals surface area contributed by atoms with Crippen molar-refractivity contribution in [1.29, 1.82) is 0 Å². The lowest BCUT2D eigenvalue weighted by Gasteiger charge is -2.22. The van der Waals surface area contributed by atoms with Crippen molar-refractivity contribution < 1.29 is 9.59 Å². The minimum absolute atomic E-state index is 0.0738. The molecule has 18 heavy (non-hydrogen) atoms. The van der Waals surface area contributed by atoms with E-state index in [1.807, 2.05) is 13.8 Å². The van der Waals surface area contributed by atoms with Crippen LogP contribution in [-0.2, 0) is 4.79 Å². The van der Waals surface area contributed by atoms with Gasteiger partial charge in [0, 0.05) is 14.1 Å². The summed E-state index contributed by atoms with van der Waals surface area (Å²) in [6.07, 6.45) is 0.556. The van der Waals surface area contributed by atoms with Gasteiger partial charge in [-0.3, -0.25) is 9.59 Å². The van der Waals surface area contributed by atoms with Gasteiger partial charge in [-0.1, -0.05) is 13.8 Å². The molecule has 0 aliphatic rings.